The average Bonchev–Trinajstić information content (AvgIpc) is 3.16. The van der Waals surface area contributed by atoms with E-state index in [9.17, 15) is 0 Å². The van der Waals surface area contributed by atoms with Crippen molar-refractivity contribution in [2.45, 2.75) is 83.8 Å². The Morgan fingerprint density at radius 1 is 0.939 bits per heavy atom. The Morgan fingerprint density at radius 2 is 1.55 bits per heavy atom. The fraction of sp³-hybridized carbons (Fsp3) is 0.483. The van der Waals surface area contributed by atoms with Crippen molar-refractivity contribution in [2.75, 3.05) is 7.11 Å². The molecule has 0 atom stereocenters. The maximum atomic E-state index is 6.35. The lowest BCUT2D eigenvalue weighted by molar-refractivity contribution is -0.162. The molecule has 0 saturated carbocycles. The number of hydrogen-bond acceptors (Lipinski definition) is 3. The van der Waals surface area contributed by atoms with Crippen LogP contribution in [0.1, 0.15) is 78.5 Å². The molecule has 0 N–H and O–H groups in total. The highest BCUT2D eigenvalue weighted by Crippen LogP contribution is 2.44. The monoisotopic (exact) mass is 446 g/mol. The van der Waals surface area contributed by atoms with Crippen molar-refractivity contribution in [3.8, 4) is 22.7 Å². The molecule has 0 bridgehead atoms. The maximum Gasteiger partial charge on any atom is 0.144 e. The van der Waals surface area contributed by atoms with Crippen LogP contribution in [0, 0.1) is 0 Å². The molecule has 2 heterocycles. The van der Waals surface area contributed by atoms with Gasteiger partial charge in [0.15, 0.2) is 0 Å². The summed E-state index contributed by atoms with van der Waals surface area (Å²) < 4.78 is 14.1. The second-order valence-electron chi connectivity index (χ2n) is 11.6. The van der Waals surface area contributed by atoms with E-state index in [0.717, 1.165) is 41.2 Å². The average molecular weight is 447 g/mol. The van der Waals surface area contributed by atoms with Crippen LogP contribution in [-0.4, -0.2) is 28.1 Å². The standard InChI is InChI=1S/C29H38N2O2/c1-27(2,3)22-15-13-20(14-16-22)25-17-23(21-18-28(4,5)33-29(6,7)19-21)30-31(25)24-11-9-10-12-26(24)32-8/h9-17,21H,18-19H2,1-8H3. The molecule has 4 heteroatoms. The first-order valence-electron chi connectivity index (χ1n) is 11.9. The van der Waals surface area contributed by atoms with Crippen LogP contribution in [0.2, 0.25) is 0 Å². The Hall–Kier alpha value is -2.59. The van der Waals surface area contributed by atoms with Gasteiger partial charge in [0.2, 0.25) is 0 Å². The minimum atomic E-state index is -0.185. The third kappa shape index (κ3) is 5.01. The van der Waals surface area contributed by atoms with Crippen molar-refractivity contribution in [1.29, 1.82) is 0 Å². The topological polar surface area (TPSA) is 36.3 Å². The van der Waals surface area contributed by atoms with Gasteiger partial charge in [0.1, 0.15) is 11.4 Å². The molecule has 4 nitrogen and oxygen atoms in total. The normalized spacial score (nSPS) is 18.3. The molecule has 2 aromatic carbocycles. The lowest BCUT2D eigenvalue weighted by Gasteiger charge is -2.45. The molecule has 1 fully saturated rings. The van der Waals surface area contributed by atoms with Crippen molar-refractivity contribution in [3.05, 3.63) is 65.9 Å². The number of benzene rings is 2. The van der Waals surface area contributed by atoms with Gasteiger partial charge >= 0.3 is 0 Å². The number of nitrogens with zero attached hydrogens (tertiary/aromatic N) is 2. The molecular weight excluding hydrogens is 408 g/mol. The second-order valence-corrected chi connectivity index (χ2v) is 11.6. The third-order valence-corrected chi connectivity index (χ3v) is 6.54. The van der Waals surface area contributed by atoms with Gasteiger partial charge in [-0.05, 0) is 69.7 Å². The lowest BCUT2D eigenvalue weighted by atomic mass is 9.79. The zero-order valence-corrected chi connectivity index (χ0v) is 21.4. The third-order valence-electron chi connectivity index (χ3n) is 6.54. The van der Waals surface area contributed by atoms with Gasteiger partial charge in [-0.2, -0.15) is 5.10 Å². The summed E-state index contributed by atoms with van der Waals surface area (Å²) in [6.45, 7) is 15.5. The summed E-state index contributed by atoms with van der Waals surface area (Å²) in [4.78, 5) is 0. The SMILES string of the molecule is COc1ccccc1-n1nc(C2CC(C)(C)OC(C)(C)C2)cc1-c1ccc(C(C)(C)C)cc1. The van der Waals surface area contributed by atoms with Crippen LogP contribution < -0.4 is 4.74 Å². The van der Waals surface area contributed by atoms with E-state index in [4.69, 9.17) is 14.6 Å². The van der Waals surface area contributed by atoms with E-state index < -0.39 is 0 Å². The highest BCUT2D eigenvalue weighted by Gasteiger charge is 2.41. The number of hydrogen-bond donors (Lipinski definition) is 0. The predicted molar refractivity (Wildman–Crippen MR) is 135 cm³/mol. The van der Waals surface area contributed by atoms with Crippen LogP contribution in [-0.2, 0) is 10.2 Å². The molecule has 0 aliphatic carbocycles. The Balaban J connectivity index is 1.84. The Labute approximate surface area is 198 Å². The van der Waals surface area contributed by atoms with Gasteiger partial charge in [0.25, 0.3) is 0 Å². The van der Waals surface area contributed by atoms with E-state index in [-0.39, 0.29) is 16.6 Å². The van der Waals surface area contributed by atoms with Crippen LogP contribution in [0.5, 0.6) is 5.75 Å². The van der Waals surface area contributed by atoms with E-state index in [1.807, 2.05) is 18.2 Å². The Kier molecular flexibility index (Phi) is 5.94. The van der Waals surface area contributed by atoms with Crippen molar-refractivity contribution < 1.29 is 9.47 Å². The van der Waals surface area contributed by atoms with Crippen LogP contribution >= 0.6 is 0 Å². The molecule has 176 valence electrons. The summed E-state index contributed by atoms with van der Waals surface area (Å²) in [6.07, 6.45) is 1.89. The fourth-order valence-electron chi connectivity index (χ4n) is 5.23. The Morgan fingerprint density at radius 3 is 2.12 bits per heavy atom. The van der Waals surface area contributed by atoms with Gasteiger partial charge in [-0.1, -0.05) is 57.2 Å². The van der Waals surface area contributed by atoms with Gasteiger partial charge in [0.05, 0.1) is 29.7 Å². The molecule has 0 spiro atoms. The first-order chi connectivity index (χ1) is 15.4. The summed E-state index contributed by atoms with van der Waals surface area (Å²) in [5.74, 6) is 1.14. The van der Waals surface area contributed by atoms with Gasteiger partial charge in [-0.15, -0.1) is 0 Å². The highest BCUT2D eigenvalue weighted by molar-refractivity contribution is 5.65. The van der Waals surface area contributed by atoms with E-state index in [1.54, 1.807) is 7.11 Å². The van der Waals surface area contributed by atoms with Crippen LogP contribution in [0.25, 0.3) is 16.9 Å². The minimum Gasteiger partial charge on any atom is -0.494 e. The summed E-state index contributed by atoms with van der Waals surface area (Å²) in [5.41, 5.74) is 5.36. The minimum absolute atomic E-state index is 0.117. The molecule has 1 aliphatic rings. The van der Waals surface area contributed by atoms with Gasteiger partial charge in [0, 0.05) is 11.5 Å². The fourth-order valence-corrected chi connectivity index (χ4v) is 5.23. The van der Waals surface area contributed by atoms with Gasteiger partial charge < -0.3 is 9.47 Å². The molecule has 0 amide bonds. The van der Waals surface area contributed by atoms with Gasteiger partial charge in [-0.3, -0.25) is 0 Å². The van der Waals surface area contributed by atoms with Crippen molar-refractivity contribution >= 4 is 0 Å². The van der Waals surface area contributed by atoms with E-state index >= 15 is 0 Å². The summed E-state index contributed by atoms with van der Waals surface area (Å²) in [6, 6.07) is 19.2. The number of ether oxygens (including phenoxy) is 2. The van der Waals surface area contributed by atoms with E-state index in [2.05, 4.69) is 89.5 Å². The molecule has 0 unspecified atom stereocenters. The highest BCUT2D eigenvalue weighted by atomic mass is 16.5. The lowest BCUT2D eigenvalue weighted by Crippen LogP contribution is -2.44. The van der Waals surface area contributed by atoms with Crippen LogP contribution in [0.3, 0.4) is 0 Å². The molecule has 4 rings (SSSR count). The number of methoxy groups -OCH3 is 1. The van der Waals surface area contributed by atoms with Crippen molar-refractivity contribution in [1.82, 2.24) is 9.78 Å². The molecule has 1 saturated heterocycles. The second kappa shape index (κ2) is 8.32. The first-order valence-corrected chi connectivity index (χ1v) is 11.9. The zero-order valence-electron chi connectivity index (χ0n) is 21.4. The summed E-state index contributed by atoms with van der Waals surface area (Å²) in [5, 5.41) is 5.17. The largest absolute Gasteiger partial charge is 0.494 e. The van der Waals surface area contributed by atoms with Crippen molar-refractivity contribution in [3.63, 3.8) is 0 Å². The summed E-state index contributed by atoms with van der Waals surface area (Å²) in [7, 11) is 1.71. The Bertz CT molecular complexity index is 1100. The molecule has 33 heavy (non-hydrogen) atoms. The molecule has 3 aromatic rings. The van der Waals surface area contributed by atoms with Gasteiger partial charge in [-0.25, -0.2) is 4.68 Å². The zero-order chi connectivity index (χ0) is 24.0. The smallest absolute Gasteiger partial charge is 0.144 e. The van der Waals surface area contributed by atoms with Crippen LogP contribution in [0.4, 0.5) is 0 Å². The van der Waals surface area contributed by atoms with E-state index in [0.29, 0.717) is 5.92 Å². The summed E-state index contributed by atoms with van der Waals surface area (Å²) >= 11 is 0. The molecule has 1 aliphatic heterocycles. The predicted octanol–water partition coefficient (Wildman–Crippen LogP) is 7.30. The van der Waals surface area contributed by atoms with E-state index in [1.165, 1.54) is 5.56 Å². The number of rotatable bonds is 4. The molecular formula is C29H38N2O2. The molecule has 1 aromatic heterocycles. The quantitative estimate of drug-likeness (QED) is 0.422. The maximum absolute atomic E-state index is 6.35. The molecule has 0 radical (unpaired) electrons. The van der Waals surface area contributed by atoms with Crippen LogP contribution in [0.15, 0.2) is 54.6 Å². The number of para-hydroxylation sites is 2. The van der Waals surface area contributed by atoms with Crippen molar-refractivity contribution in [2.24, 2.45) is 0 Å². The number of aromatic nitrogens is 2. The first kappa shape index (κ1) is 23.6.